The Balaban J connectivity index is 1.71. The zero-order chi connectivity index (χ0) is 17.3. The molecule has 2 N–H and O–H groups in total. The molecule has 1 aliphatic heterocycles. The molecule has 0 unspecified atom stereocenters. The van der Waals surface area contributed by atoms with Crippen molar-refractivity contribution in [2.75, 3.05) is 18.8 Å². The van der Waals surface area contributed by atoms with Crippen molar-refractivity contribution in [2.24, 2.45) is 5.92 Å². The van der Waals surface area contributed by atoms with Gasteiger partial charge in [-0.15, -0.1) is 0 Å². The molecule has 3 rings (SSSR count). The number of nitrogens with zero attached hydrogens (tertiary/aromatic N) is 4. The van der Waals surface area contributed by atoms with Crippen LogP contribution in [-0.2, 0) is 4.79 Å². The second kappa shape index (κ2) is 6.76. The molecule has 0 spiro atoms. The van der Waals surface area contributed by atoms with Gasteiger partial charge in [-0.05, 0) is 18.9 Å². The number of carbonyl (C=O) groups is 1. The Bertz CT molecular complexity index is 738. The van der Waals surface area contributed by atoms with E-state index in [1.807, 2.05) is 18.7 Å². The quantitative estimate of drug-likeness (QED) is 0.855. The zero-order valence-electron chi connectivity index (χ0n) is 13.7. The highest BCUT2D eigenvalue weighted by atomic mass is 35.5. The van der Waals surface area contributed by atoms with E-state index < -0.39 is 0 Å². The molecule has 0 atom stereocenters. The third-order valence-corrected chi connectivity index (χ3v) is 4.44. The number of likely N-dealkylation sites (tertiary alicyclic amines) is 1. The first-order valence-corrected chi connectivity index (χ1v) is 8.37. The fraction of sp³-hybridized carbons (Fsp3) is 0.500. The van der Waals surface area contributed by atoms with Crippen molar-refractivity contribution in [3.05, 3.63) is 23.3 Å². The smallest absolute Gasteiger partial charge is 0.230 e. The normalized spacial score (nSPS) is 15.9. The Morgan fingerprint density at radius 3 is 2.79 bits per heavy atom. The summed E-state index contributed by atoms with van der Waals surface area (Å²) < 4.78 is 5.41. The summed E-state index contributed by atoms with van der Waals surface area (Å²) in [7, 11) is 0. The standard InChI is InChI=1S/C16H20ClN5O2/c1-9(2)16(23)22-5-3-10(4-6-22)15-20-14(21-24-15)11-7-13(17)19-8-12(11)18/h7-10H,3-6,18H2,1-2H3. The van der Waals surface area contributed by atoms with E-state index in [-0.39, 0.29) is 17.7 Å². The molecule has 0 saturated carbocycles. The molecule has 0 bridgehead atoms. The van der Waals surface area contributed by atoms with E-state index in [1.165, 1.54) is 6.20 Å². The summed E-state index contributed by atoms with van der Waals surface area (Å²) in [5.74, 6) is 1.36. The van der Waals surface area contributed by atoms with Crippen molar-refractivity contribution < 1.29 is 9.32 Å². The maximum Gasteiger partial charge on any atom is 0.230 e. The number of pyridine rings is 1. The highest BCUT2D eigenvalue weighted by Crippen LogP contribution is 2.31. The molecule has 0 aliphatic carbocycles. The van der Waals surface area contributed by atoms with Crippen LogP contribution < -0.4 is 5.73 Å². The van der Waals surface area contributed by atoms with E-state index in [0.29, 0.717) is 41.2 Å². The number of anilines is 1. The third-order valence-electron chi connectivity index (χ3n) is 4.23. The Hall–Kier alpha value is -2.15. The van der Waals surface area contributed by atoms with Crippen LogP contribution in [0.5, 0.6) is 0 Å². The summed E-state index contributed by atoms with van der Waals surface area (Å²) in [5, 5.41) is 4.34. The molecule has 1 aliphatic rings. The van der Waals surface area contributed by atoms with Crippen molar-refractivity contribution in [3.8, 4) is 11.4 Å². The van der Waals surface area contributed by atoms with Crippen molar-refractivity contribution in [1.29, 1.82) is 0 Å². The molecule has 1 amide bonds. The van der Waals surface area contributed by atoms with Crippen LogP contribution in [0.3, 0.4) is 0 Å². The lowest BCUT2D eigenvalue weighted by molar-refractivity contribution is -0.135. The lowest BCUT2D eigenvalue weighted by Crippen LogP contribution is -2.40. The summed E-state index contributed by atoms with van der Waals surface area (Å²) in [5.41, 5.74) is 6.96. The van der Waals surface area contributed by atoms with Crippen molar-refractivity contribution in [2.45, 2.75) is 32.6 Å². The van der Waals surface area contributed by atoms with Crippen molar-refractivity contribution >= 4 is 23.2 Å². The number of piperidine rings is 1. The summed E-state index contributed by atoms with van der Waals surface area (Å²) in [6, 6.07) is 1.62. The molecule has 8 heteroatoms. The minimum Gasteiger partial charge on any atom is -0.397 e. The summed E-state index contributed by atoms with van der Waals surface area (Å²) >= 11 is 5.90. The van der Waals surface area contributed by atoms with Crippen molar-refractivity contribution in [1.82, 2.24) is 20.0 Å². The maximum atomic E-state index is 12.0. The maximum absolute atomic E-state index is 12.0. The van der Waals surface area contributed by atoms with Gasteiger partial charge in [0.2, 0.25) is 17.6 Å². The molecular weight excluding hydrogens is 330 g/mol. The van der Waals surface area contributed by atoms with E-state index in [9.17, 15) is 4.79 Å². The van der Waals surface area contributed by atoms with Gasteiger partial charge in [-0.25, -0.2) is 4.98 Å². The number of hydrogen-bond donors (Lipinski definition) is 1. The lowest BCUT2D eigenvalue weighted by atomic mass is 9.96. The number of carbonyl (C=O) groups excluding carboxylic acids is 1. The van der Waals surface area contributed by atoms with Gasteiger partial charge in [0.25, 0.3) is 0 Å². The monoisotopic (exact) mass is 349 g/mol. The van der Waals surface area contributed by atoms with Gasteiger partial charge in [0.1, 0.15) is 5.15 Å². The zero-order valence-corrected chi connectivity index (χ0v) is 14.5. The van der Waals surface area contributed by atoms with Crippen LogP contribution in [0.15, 0.2) is 16.8 Å². The first-order chi connectivity index (χ1) is 11.5. The molecule has 2 aromatic rings. The molecule has 128 valence electrons. The Morgan fingerprint density at radius 2 is 2.12 bits per heavy atom. The highest BCUT2D eigenvalue weighted by molar-refractivity contribution is 6.29. The van der Waals surface area contributed by atoms with Gasteiger partial charge in [0, 0.05) is 24.9 Å². The van der Waals surface area contributed by atoms with Gasteiger partial charge in [-0.1, -0.05) is 30.6 Å². The number of halogens is 1. The molecule has 0 radical (unpaired) electrons. The van der Waals surface area contributed by atoms with Crippen LogP contribution in [0.4, 0.5) is 5.69 Å². The van der Waals surface area contributed by atoms with E-state index >= 15 is 0 Å². The molecule has 1 saturated heterocycles. The van der Waals surface area contributed by atoms with Crippen LogP contribution in [0.2, 0.25) is 5.15 Å². The number of amides is 1. The third kappa shape index (κ3) is 3.36. The van der Waals surface area contributed by atoms with Crippen LogP contribution >= 0.6 is 11.6 Å². The van der Waals surface area contributed by atoms with Crippen LogP contribution in [0.1, 0.15) is 38.5 Å². The number of nitrogen functional groups attached to an aromatic ring is 1. The topological polar surface area (TPSA) is 98.1 Å². The van der Waals surface area contributed by atoms with Gasteiger partial charge in [-0.2, -0.15) is 4.98 Å². The Labute approximate surface area is 145 Å². The Morgan fingerprint density at radius 1 is 1.42 bits per heavy atom. The SMILES string of the molecule is CC(C)C(=O)N1CCC(c2nc(-c3cc(Cl)ncc3N)no2)CC1. The molecular formula is C16H20ClN5O2. The van der Waals surface area contributed by atoms with Gasteiger partial charge in [-0.3, -0.25) is 4.79 Å². The number of rotatable bonds is 3. The molecule has 2 aromatic heterocycles. The van der Waals surface area contributed by atoms with E-state index in [4.69, 9.17) is 21.9 Å². The van der Waals surface area contributed by atoms with E-state index in [0.717, 1.165) is 12.8 Å². The molecule has 0 aromatic carbocycles. The Kier molecular flexibility index (Phi) is 4.71. The summed E-state index contributed by atoms with van der Waals surface area (Å²) in [4.78, 5) is 22.3. The summed E-state index contributed by atoms with van der Waals surface area (Å²) in [6.07, 6.45) is 3.10. The van der Waals surface area contributed by atoms with Crippen LogP contribution in [0.25, 0.3) is 11.4 Å². The average Bonchev–Trinajstić information content (AvgIpc) is 3.06. The predicted octanol–water partition coefficient (Wildman–Crippen LogP) is 2.73. The van der Waals surface area contributed by atoms with Gasteiger partial charge >= 0.3 is 0 Å². The molecule has 3 heterocycles. The fourth-order valence-corrected chi connectivity index (χ4v) is 3.01. The van der Waals surface area contributed by atoms with E-state index in [1.54, 1.807) is 6.07 Å². The van der Waals surface area contributed by atoms with Gasteiger partial charge < -0.3 is 15.2 Å². The minimum atomic E-state index is 0.0240. The van der Waals surface area contributed by atoms with Gasteiger partial charge in [0.15, 0.2) is 0 Å². The lowest BCUT2D eigenvalue weighted by Gasteiger charge is -2.31. The van der Waals surface area contributed by atoms with Gasteiger partial charge in [0.05, 0.1) is 17.4 Å². The first kappa shape index (κ1) is 16.7. The van der Waals surface area contributed by atoms with Crippen LogP contribution in [-0.4, -0.2) is 39.0 Å². The highest BCUT2D eigenvalue weighted by Gasteiger charge is 2.28. The molecule has 24 heavy (non-hydrogen) atoms. The number of hydrogen-bond acceptors (Lipinski definition) is 6. The van der Waals surface area contributed by atoms with Crippen molar-refractivity contribution in [3.63, 3.8) is 0 Å². The minimum absolute atomic E-state index is 0.0240. The second-order valence-corrected chi connectivity index (χ2v) is 6.69. The average molecular weight is 350 g/mol. The summed E-state index contributed by atoms with van der Waals surface area (Å²) in [6.45, 7) is 5.26. The molecule has 7 nitrogen and oxygen atoms in total. The number of nitrogens with two attached hydrogens (primary N) is 1. The van der Waals surface area contributed by atoms with E-state index in [2.05, 4.69) is 15.1 Å². The number of aromatic nitrogens is 3. The predicted molar refractivity (Wildman–Crippen MR) is 90.3 cm³/mol. The largest absolute Gasteiger partial charge is 0.397 e. The molecule has 1 fully saturated rings. The first-order valence-electron chi connectivity index (χ1n) is 7.99. The fourth-order valence-electron chi connectivity index (χ4n) is 2.86. The van der Waals surface area contributed by atoms with Crippen LogP contribution in [0, 0.1) is 5.92 Å². The second-order valence-electron chi connectivity index (χ2n) is 6.30.